The molecule has 0 aliphatic heterocycles. The van der Waals surface area contributed by atoms with Gasteiger partial charge in [0.05, 0.1) is 17.2 Å². The number of nitrogens with one attached hydrogen (secondary N) is 2. The fourth-order valence-electron chi connectivity index (χ4n) is 2.48. The van der Waals surface area contributed by atoms with Crippen LogP contribution in [0.1, 0.15) is 12.5 Å². The summed E-state index contributed by atoms with van der Waals surface area (Å²) < 4.78 is 30.4. The van der Waals surface area contributed by atoms with Gasteiger partial charge in [0.25, 0.3) is 0 Å². The third-order valence-corrected chi connectivity index (χ3v) is 5.58. The molecule has 0 saturated heterocycles. The lowest BCUT2D eigenvalue weighted by Gasteiger charge is -2.13. The van der Waals surface area contributed by atoms with Gasteiger partial charge in [0.1, 0.15) is 12.4 Å². The molecule has 0 aromatic heterocycles. The highest BCUT2D eigenvalue weighted by molar-refractivity contribution is 7.91. The van der Waals surface area contributed by atoms with Crippen LogP contribution in [-0.2, 0) is 16.4 Å². The van der Waals surface area contributed by atoms with Crippen molar-refractivity contribution in [3.05, 3.63) is 72.8 Å². The summed E-state index contributed by atoms with van der Waals surface area (Å²) in [6.07, 6.45) is 1.69. The van der Waals surface area contributed by atoms with E-state index >= 15 is 0 Å². The van der Waals surface area contributed by atoms with Crippen molar-refractivity contribution in [3.63, 3.8) is 0 Å². The summed E-state index contributed by atoms with van der Waals surface area (Å²) in [5.74, 6) is 1.30. The van der Waals surface area contributed by atoms with Crippen molar-refractivity contribution in [3.8, 4) is 5.75 Å². The van der Waals surface area contributed by atoms with Crippen LogP contribution in [0.25, 0.3) is 0 Å². The van der Waals surface area contributed by atoms with Crippen LogP contribution in [-0.4, -0.2) is 39.8 Å². The minimum Gasteiger partial charge on any atom is -0.489 e. The van der Waals surface area contributed by atoms with E-state index < -0.39 is 9.84 Å². The zero-order valence-corrected chi connectivity index (χ0v) is 16.9. The van der Waals surface area contributed by atoms with Crippen LogP contribution in [0.5, 0.6) is 5.75 Å². The van der Waals surface area contributed by atoms with Gasteiger partial charge in [0.2, 0.25) is 0 Å². The lowest BCUT2D eigenvalue weighted by molar-refractivity contribution is 0.359. The fourth-order valence-corrected chi connectivity index (χ4v) is 3.66. The Balaban J connectivity index is 1.99. The molecule has 0 aliphatic carbocycles. The van der Waals surface area contributed by atoms with Crippen molar-refractivity contribution < 1.29 is 13.2 Å². The van der Waals surface area contributed by atoms with Crippen LogP contribution in [0.15, 0.2) is 77.1 Å². The Morgan fingerprint density at radius 3 is 2.54 bits per heavy atom. The molecule has 0 saturated carbocycles. The number of benzene rings is 2. The molecule has 2 rings (SSSR count). The van der Waals surface area contributed by atoms with E-state index in [0.29, 0.717) is 30.6 Å². The molecule has 6 nitrogen and oxygen atoms in total. The van der Waals surface area contributed by atoms with Crippen LogP contribution < -0.4 is 15.4 Å². The van der Waals surface area contributed by atoms with Gasteiger partial charge < -0.3 is 15.4 Å². The number of rotatable bonds is 10. The summed E-state index contributed by atoms with van der Waals surface area (Å²) in [5, 5.41) is 6.21. The van der Waals surface area contributed by atoms with E-state index in [-0.39, 0.29) is 12.3 Å². The highest BCUT2D eigenvalue weighted by Gasteiger charge is 2.13. The average molecular weight is 402 g/mol. The van der Waals surface area contributed by atoms with Gasteiger partial charge in [0, 0.05) is 18.7 Å². The van der Waals surface area contributed by atoms with Crippen LogP contribution in [0.4, 0.5) is 0 Å². The van der Waals surface area contributed by atoms with Gasteiger partial charge in [-0.2, -0.15) is 0 Å². The number of sulfone groups is 1. The number of hydrogen-bond donors (Lipinski definition) is 2. The number of aliphatic imine (C=N–C) groups is 1. The molecule has 150 valence electrons. The Morgan fingerprint density at radius 1 is 1.11 bits per heavy atom. The zero-order valence-electron chi connectivity index (χ0n) is 16.1. The molecule has 2 aromatic rings. The summed E-state index contributed by atoms with van der Waals surface area (Å²) >= 11 is 0. The first-order chi connectivity index (χ1) is 13.6. The maximum Gasteiger partial charge on any atom is 0.191 e. The smallest absolute Gasteiger partial charge is 0.191 e. The predicted molar refractivity (Wildman–Crippen MR) is 113 cm³/mol. The van der Waals surface area contributed by atoms with Gasteiger partial charge in [-0.25, -0.2) is 13.4 Å². The SMILES string of the molecule is C=CCOc1ccccc1CN=C(NCC)NCCS(=O)(=O)c1ccccc1. The topological polar surface area (TPSA) is 79.8 Å². The Hall–Kier alpha value is -2.80. The van der Waals surface area contributed by atoms with E-state index in [1.54, 1.807) is 36.4 Å². The molecule has 0 unspecified atom stereocenters. The minimum atomic E-state index is -3.33. The molecule has 2 N–H and O–H groups in total. The van der Waals surface area contributed by atoms with Crippen molar-refractivity contribution >= 4 is 15.8 Å². The minimum absolute atomic E-state index is 0.0134. The normalized spacial score (nSPS) is 11.7. The van der Waals surface area contributed by atoms with Crippen LogP contribution in [0, 0.1) is 0 Å². The molecule has 0 fully saturated rings. The standard InChI is InChI=1S/C21H27N3O3S/c1-3-15-27-20-13-9-8-10-18(20)17-24-21(22-4-2)23-14-16-28(25,26)19-11-6-5-7-12-19/h3,5-13H,1,4,14-17H2,2H3,(H2,22,23,24). The van der Waals surface area contributed by atoms with Gasteiger partial charge >= 0.3 is 0 Å². The second kappa shape index (κ2) is 11.1. The lowest BCUT2D eigenvalue weighted by atomic mass is 10.2. The molecule has 0 atom stereocenters. The molecule has 2 aromatic carbocycles. The van der Waals surface area contributed by atoms with Crippen LogP contribution in [0.2, 0.25) is 0 Å². The maximum atomic E-state index is 12.4. The largest absolute Gasteiger partial charge is 0.489 e. The highest BCUT2D eigenvalue weighted by Crippen LogP contribution is 2.18. The molecule has 0 spiro atoms. The maximum absolute atomic E-state index is 12.4. The van der Waals surface area contributed by atoms with E-state index in [1.807, 2.05) is 31.2 Å². The Morgan fingerprint density at radius 2 is 1.82 bits per heavy atom. The monoisotopic (exact) mass is 401 g/mol. The molecular weight excluding hydrogens is 374 g/mol. The fraction of sp³-hybridized carbons (Fsp3) is 0.286. The first kappa shape index (κ1) is 21.5. The molecule has 7 heteroatoms. The number of para-hydroxylation sites is 1. The second-order valence-corrected chi connectivity index (χ2v) is 8.07. The molecule has 28 heavy (non-hydrogen) atoms. The summed E-state index contributed by atoms with van der Waals surface area (Å²) in [5.41, 5.74) is 0.943. The Kier molecular flexibility index (Phi) is 8.55. The van der Waals surface area contributed by atoms with Crippen molar-refractivity contribution in [2.45, 2.75) is 18.4 Å². The zero-order chi connectivity index (χ0) is 20.2. The first-order valence-corrected chi connectivity index (χ1v) is 10.8. The van der Waals surface area contributed by atoms with Gasteiger partial charge in [-0.3, -0.25) is 0 Å². The van der Waals surface area contributed by atoms with E-state index in [4.69, 9.17) is 4.74 Å². The van der Waals surface area contributed by atoms with E-state index in [0.717, 1.165) is 11.3 Å². The summed E-state index contributed by atoms with van der Waals surface area (Å²) in [4.78, 5) is 4.86. The Labute approximate surface area is 167 Å². The number of hydrogen-bond acceptors (Lipinski definition) is 4. The first-order valence-electron chi connectivity index (χ1n) is 9.18. The second-order valence-electron chi connectivity index (χ2n) is 5.96. The summed E-state index contributed by atoms with van der Waals surface area (Å²) in [7, 11) is -3.33. The van der Waals surface area contributed by atoms with Crippen molar-refractivity contribution in [1.82, 2.24) is 10.6 Å². The number of nitrogens with zero attached hydrogens (tertiary/aromatic N) is 1. The number of guanidine groups is 1. The average Bonchev–Trinajstić information content (AvgIpc) is 2.71. The lowest BCUT2D eigenvalue weighted by Crippen LogP contribution is -2.39. The van der Waals surface area contributed by atoms with Crippen molar-refractivity contribution in [2.24, 2.45) is 4.99 Å². The van der Waals surface area contributed by atoms with Gasteiger partial charge in [0.15, 0.2) is 15.8 Å². The third kappa shape index (κ3) is 6.74. The van der Waals surface area contributed by atoms with Crippen LogP contribution >= 0.6 is 0 Å². The Bertz CT molecular complexity index is 881. The molecule has 0 aliphatic rings. The van der Waals surface area contributed by atoms with Gasteiger partial charge in [-0.15, -0.1) is 0 Å². The third-order valence-electron chi connectivity index (χ3n) is 3.85. The summed E-state index contributed by atoms with van der Waals surface area (Å²) in [6.45, 7) is 7.39. The highest BCUT2D eigenvalue weighted by atomic mass is 32.2. The van der Waals surface area contributed by atoms with Crippen LogP contribution in [0.3, 0.4) is 0 Å². The number of ether oxygens (including phenoxy) is 1. The van der Waals surface area contributed by atoms with Gasteiger partial charge in [-0.1, -0.05) is 49.1 Å². The molecule has 0 bridgehead atoms. The molecule has 0 radical (unpaired) electrons. The van der Waals surface area contributed by atoms with Gasteiger partial charge in [-0.05, 0) is 25.1 Å². The molecule has 0 heterocycles. The van der Waals surface area contributed by atoms with E-state index in [1.165, 1.54) is 0 Å². The predicted octanol–water partition coefficient (Wildman–Crippen LogP) is 2.78. The molecule has 0 amide bonds. The summed E-state index contributed by atoms with van der Waals surface area (Å²) in [6, 6.07) is 16.1. The van der Waals surface area contributed by atoms with Crippen molar-refractivity contribution in [2.75, 3.05) is 25.4 Å². The van der Waals surface area contributed by atoms with E-state index in [9.17, 15) is 8.42 Å². The molecular formula is C21H27N3O3S. The van der Waals surface area contributed by atoms with E-state index in [2.05, 4.69) is 22.2 Å². The van der Waals surface area contributed by atoms with Crippen molar-refractivity contribution in [1.29, 1.82) is 0 Å². The quantitative estimate of drug-likeness (QED) is 0.364.